The van der Waals surface area contributed by atoms with Gasteiger partial charge in [0.2, 0.25) is 10.0 Å². The highest BCUT2D eigenvalue weighted by molar-refractivity contribution is 7.92. The van der Waals surface area contributed by atoms with Gasteiger partial charge in [0.1, 0.15) is 0 Å². The summed E-state index contributed by atoms with van der Waals surface area (Å²) < 4.78 is 25.9. The second kappa shape index (κ2) is 7.04. The number of rotatable bonds is 5. The predicted molar refractivity (Wildman–Crippen MR) is 74.7 cm³/mol. The van der Waals surface area contributed by atoms with Gasteiger partial charge in [0, 0.05) is 11.3 Å². The first-order chi connectivity index (χ1) is 8.57. The molecule has 98 valence electrons. The molecule has 0 atom stereocenters. The smallest absolute Gasteiger partial charge is 0.232 e. The van der Waals surface area contributed by atoms with Gasteiger partial charge in [-0.3, -0.25) is 4.72 Å². The van der Waals surface area contributed by atoms with E-state index in [0.717, 1.165) is 12.0 Å². The van der Waals surface area contributed by atoms with Gasteiger partial charge in [0.25, 0.3) is 0 Å². The van der Waals surface area contributed by atoms with E-state index in [4.69, 9.17) is 5.73 Å². The van der Waals surface area contributed by atoms with E-state index >= 15 is 0 Å². The molecule has 1 aromatic rings. The molecule has 0 radical (unpaired) electrons. The van der Waals surface area contributed by atoms with Crippen LogP contribution in [0.25, 0.3) is 0 Å². The van der Waals surface area contributed by atoms with E-state index in [1.165, 1.54) is 0 Å². The number of nitrogens with two attached hydrogens (primary N) is 1. The Bertz CT molecular complexity index is 524. The van der Waals surface area contributed by atoms with Crippen LogP contribution in [0.5, 0.6) is 0 Å². The van der Waals surface area contributed by atoms with E-state index in [9.17, 15) is 8.42 Å². The molecule has 0 saturated carbocycles. The molecule has 5 heteroatoms. The number of benzene rings is 1. The van der Waals surface area contributed by atoms with Gasteiger partial charge in [0.15, 0.2) is 0 Å². The van der Waals surface area contributed by atoms with E-state index in [1.54, 1.807) is 24.3 Å². The highest BCUT2D eigenvalue weighted by atomic mass is 32.2. The Morgan fingerprint density at radius 3 is 2.50 bits per heavy atom. The predicted octanol–water partition coefficient (Wildman–Crippen LogP) is 1.54. The van der Waals surface area contributed by atoms with Gasteiger partial charge in [-0.25, -0.2) is 8.42 Å². The zero-order valence-electron chi connectivity index (χ0n) is 10.4. The van der Waals surface area contributed by atoms with Crippen molar-refractivity contribution in [2.45, 2.75) is 19.8 Å². The molecule has 18 heavy (non-hydrogen) atoms. The van der Waals surface area contributed by atoms with E-state index in [0.29, 0.717) is 18.7 Å². The summed E-state index contributed by atoms with van der Waals surface area (Å²) in [5.41, 5.74) is 6.65. The standard InChI is InChI=1S/C13H18N2O2S/c1-2-3-11-18(16,17)15-13-8-6-12(7-9-13)5-4-10-14/h6-9,15H,2-3,10-11,14H2,1H3. The van der Waals surface area contributed by atoms with Crippen molar-refractivity contribution in [3.8, 4) is 11.8 Å². The van der Waals surface area contributed by atoms with E-state index in [2.05, 4.69) is 16.6 Å². The summed E-state index contributed by atoms with van der Waals surface area (Å²) in [6.45, 7) is 2.27. The maximum atomic E-state index is 11.7. The number of hydrogen-bond acceptors (Lipinski definition) is 3. The Labute approximate surface area is 109 Å². The zero-order valence-corrected chi connectivity index (χ0v) is 11.3. The normalized spacial score (nSPS) is 10.6. The average molecular weight is 266 g/mol. The summed E-state index contributed by atoms with van der Waals surface area (Å²) in [6, 6.07) is 6.93. The van der Waals surface area contributed by atoms with Crippen LogP contribution in [0.2, 0.25) is 0 Å². The van der Waals surface area contributed by atoms with Crippen molar-refractivity contribution in [3.63, 3.8) is 0 Å². The first-order valence-corrected chi connectivity index (χ1v) is 7.52. The number of sulfonamides is 1. The molecule has 0 fully saturated rings. The number of unbranched alkanes of at least 4 members (excludes halogenated alkanes) is 1. The molecule has 4 nitrogen and oxygen atoms in total. The Balaban J connectivity index is 2.69. The molecule has 0 unspecified atom stereocenters. The van der Waals surface area contributed by atoms with Crippen LogP contribution in [0.3, 0.4) is 0 Å². The van der Waals surface area contributed by atoms with Crippen LogP contribution in [-0.2, 0) is 10.0 Å². The van der Waals surface area contributed by atoms with Crippen molar-refractivity contribution in [2.24, 2.45) is 5.73 Å². The second-order valence-electron chi connectivity index (χ2n) is 3.86. The highest BCUT2D eigenvalue weighted by Crippen LogP contribution is 2.11. The maximum absolute atomic E-state index is 11.7. The maximum Gasteiger partial charge on any atom is 0.232 e. The minimum atomic E-state index is -3.23. The van der Waals surface area contributed by atoms with Crippen molar-refractivity contribution in [1.82, 2.24) is 0 Å². The number of anilines is 1. The summed E-state index contributed by atoms with van der Waals surface area (Å²) in [5, 5.41) is 0. The summed E-state index contributed by atoms with van der Waals surface area (Å²) in [5.74, 6) is 5.77. The third-order valence-electron chi connectivity index (χ3n) is 2.26. The minimum Gasteiger partial charge on any atom is -0.320 e. The van der Waals surface area contributed by atoms with Crippen molar-refractivity contribution in [1.29, 1.82) is 0 Å². The lowest BCUT2D eigenvalue weighted by molar-refractivity contribution is 0.598. The molecule has 0 spiro atoms. The second-order valence-corrected chi connectivity index (χ2v) is 5.70. The largest absolute Gasteiger partial charge is 0.320 e. The van der Waals surface area contributed by atoms with Gasteiger partial charge in [0.05, 0.1) is 12.3 Å². The van der Waals surface area contributed by atoms with Crippen LogP contribution in [0.4, 0.5) is 5.69 Å². The van der Waals surface area contributed by atoms with Crippen LogP contribution >= 0.6 is 0 Å². The molecular weight excluding hydrogens is 248 g/mol. The lowest BCUT2D eigenvalue weighted by atomic mass is 10.2. The van der Waals surface area contributed by atoms with Crippen LogP contribution < -0.4 is 10.5 Å². The Morgan fingerprint density at radius 1 is 1.28 bits per heavy atom. The third-order valence-corrected chi connectivity index (χ3v) is 3.63. The van der Waals surface area contributed by atoms with Crippen molar-refractivity contribution in [3.05, 3.63) is 29.8 Å². The van der Waals surface area contributed by atoms with Gasteiger partial charge in [-0.1, -0.05) is 25.2 Å². The molecular formula is C13H18N2O2S. The summed E-state index contributed by atoms with van der Waals surface area (Å²) in [4.78, 5) is 0. The molecule has 0 amide bonds. The van der Waals surface area contributed by atoms with Crippen molar-refractivity contribution < 1.29 is 8.42 Å². The fourth-order valence-corrected chi connectivity index (χ4v) is 2.61. The average Bonchev–Trinajstić information content (AvgIpc) is 2.35. The van der Waals surface area contributed by atoms with Crippen molar-refractivity contribution >= 4 is 15.7 Å². The van der Waals surface area contributed by atoms with E-state index in [-0.39, 0.29) is 5.75 Å². The molecule has 0 aromatic heterocycles. The fourth-order valence-electron chi connectivity index (χ4n) is 1.34. The highest BCUT2D eigenvalue weighted by Gasteiger charge is 2.08. The first kappa shape index (κ1) is 14.6. The number of nitrogens with one attached hydrogen (secondary N) is 1. The molecule has 0 heterocycles. The molecule has 0 aliphatic carbocycles. The van der Waals surface area contributed by atoms with E-state index in [1.807, 2.05) is 6.92 Å². The molecule has 3 N–H and O–H groups in total. The van der Waals surface area contributed by atoms with Crippen LogP contribution in [0.15, 0.2) is 24.3 Å². The zero-order chi connectivity index (χ0) is 13.4. The summed E-state index contributed by atoms with van der Waals surface area (Å²) >= 11 is 0. The lowest BCUT2D eigenvalue weighted by Crippen LogP contribution is -2.16. The number of hydrogen-bond donors (Lipinski definition) is 2. The van der Waals surface area contributed by atoms with Gasteiger partial charge < -0.3 is 5.73 Å². The van der Waals surface area contributed by atoms with Gasteiger partial charge in [-0.2, -0.15) is 0 Å². The van der Waals surface area contributed by atoms with Crippen LogP contribution in [0, 0.1) is 11.8 Å². The van der Waals surface area contributed by atoms with Crippen LogP contribution in [0.1, 0.15) is 25.3 Å². The Hall–Kier alpha value is -1.51. The monoisotopic (exact) mass is 266 g/mol. The molecule has 0 bridgehead atoms. The molecule has 0 saturated heterocycles. The van der Waals surface area contributed by atoms with Crippen molar-refractivity contribution in [2.75, 3.05) is 17.0 Å². The third kappa shape index (κ3) is 5.21. The summed E-state index contributed by atoms with van der Waals surface area (Å²) in [6.07, 6.45) is 1.52. The quantitative estimate of drug-likeness (QED) is 0.794. The van der Waals surface area contributed by atoms with Gasteiger partial charge in [-0.05, 0) is 30.7 Å². The first-order valence-electron chi connectivity index (χ1n) is 5.87. The minimum absolute atomic E-state index is 0.151. The summed E-state index contributed by atoms with van der Waals surface area (Å²) in [7, 11) is -3.23. The Kier molecular flexibility index (Phi) is 5.69. The molecule has 0 aliphatic heterocycles. The molecule has 1 rings (SSSR count). The fraction of sp³-hybridized carbons (Fsp3) is 0.385. The Morgan fingerprint density at radius 2 is 1.94 bits per heavy atom. The van der Waals surface area contributed by atoms with Gasteiger partial charge >= 0.3 is 0 Å². The topological polar surface area (TPSA) is 72.2 Å². The van der Waals surface area contributed by atoms with Gasteiger partial charge in [-0.15, -0.1) is 0 Å². The van der Waals surface area contributed by atoms with Crippen LogP contribution in [-0.4, -0.2) is 20.7 Å². The molecule has 1 aromatic carbocycles. The van der Waals surface area contributed by atoms with E-state index < -0.39 is 10.0 Å². The lowest BCUT2D eigenvalue weighted by Gasteiger charge is -2.07. The SMILES string of the molecule is CCCCS(=O)(=O)Nc1ccc(C#CCN)cc1. The molecule has 0 aliphatic rings.